The Morgan fingerprint density at radius 1 is 0.933 bits per heavy atom. The molecule has 0 bridgehead atoms. The molecule has 0 aliphatic heterocycles. The predicted octanol–water partition coefficient (Wildman–Crippen LogP) is 3.86. The second-order valence-corrected chi connectivity index (χ2v) is 5.06. The van der Waals surface area contributed by atoms with Gasteiger partial charge in [0, 0.05) is 6.04 Å². The highest BCUT2D eigenvalue weighted by atomic mass is 14.6. The molecule has 2 N–H and O–H groups in total. The molecule has 0 radical (unpaired) electrons. The van der Waals surface area contributed by atoms with Crippen molar-refractivity contribution >= 4 is 0 Å². The fraction of sp³-hybridized carbons (Fsp3) is 0.571. The number of benzene rings is 1. The van der Waals surface area contributed by atoms with E-state index < -0.39 is 0 Å². The van der Waals surface area contributed by atoms with Gasteiger partial charge in [0.1, 0.15) is 0 Å². The average molecular weight is 205 g/mol. The Hall–Kier alpha value is -0.820. The molecule has 0 unspecified atom stereocenters. The minimum absolute atomic E-state index is 0.186. The SMILES string of the molecule is CC(C)C[C@H](N)c1ccc(C(C)C)cc1. The first-order valence-corrected chi connectivity index (χ1v) is 5.86. The lowest BCUT2D eigenvalue weighted by Crippen LogP contribution is -2.12. The number of nitrogens with two attached hydrogens (primary N) is 1. The van der Waals surface area contributed by atoms with Gasteiger partial charge in [-0.05, 0) is 29.4 Å². The molecule has 0 aliphatic rings. The highest BCUT2D eigenvalue weighted by molar-refractivity contribution is 5.26. The Labute approximate surface area is 93.7 Å². The van der Waals surface area contributed by atoms with Gasteiger partial charge < -0.3 is 5.73 Å². The van der Waals surface area contributed by atoms with Gasteiger partial charge in [-0.15, -0.1) is 0 Å². The molecule has 1 aromatic carbocycles. The molecule has 0 saturated heterocycles. The van der Waals surface area contributed by atoms with Crippen molar-refractivity contribution in [3.63, 3.8) is 0 Å². The average Bonchev–Trinajstić information content (AvgIpc) is 2.17. The summed E-state index contributed by atoms with van der Waals surface area (Å²) in [5, 5.41) is 0. The molecule has 84 valence electrons. The van der Waals surface area contributed by atoms with Crippen molar-refractivity contribution in [2.24, 2.45) is 11.7 Å². The van der Waals surface area contributed by atoms with Crippen LogP contribution < -0.4 is 5.73 Å². The third kappa shape index (κ3) is 3.67. The van der Waals surface area contributed by atoms with Crippen molar-refractivity contribution in [3.05, 3.63) is 35.4 Å². The molecule has 1 heteroatoms. The standard InChI is InChI=1S/C14H23N/c1-10(2)9-14(15)13-7-5-12(6-8-13)11(3)4/h5-8,10-11,14H,9,15H2,1-4H3/t14-/m0/s1. The maximum Gasteiger partial charge on any atom is 0.0297 e. The monoisotopic (exact) mass is 205 g/mol. The van der Waals surface area contributed by atoms with Crippen LogP contribution in [0.2, 0.25) is 0 Å². The molecule has 0 spiro atoms. The molecule has 0 aliphatic carbocycles. The van der Waals surface area contributed by atoms with Crippen molar-refractivity contribution in [2.75, 3.05) is 0 Å². The van der Waals surface area contributed by atoms with E-state index in [-0.39, 0.29) is 6.04 Å². The lowest BCUT2D eigenvalue weighted by atomic mass is 9.95. The smallest absolute Gasteiger partial charge is 0.0297 e. The molecular weight excluding hydrogens is 182 g/mol. The zero-order chi connectivity index (χ0) is 11.4. The lowest BCUT2D eigenvalue weighted by Gasteiger charge is -2.15. The van der Waals surface area contributed by atoms with E-state index in [2.05, 4.69) is 52.0 Å². The molecule has 0 amide bonds. The van der Waals surface area contributed by atoms with Crippen molar-refractivity contribution < 1.29 is 0 Å². The van der Waals surface area contributed by atoms with Crippen LogP contribution in [0.3, 0.4) is 0 Å². The fourth-order valence-corrected chi connectivity index (χ4v) is 1.77. The fourth-order valence-electron chi connectivity index (χ4n) is 1.77. The van der Waals surface area contributed by atoms with Crippen LogP contribution in [-0.2, 0) is 0 Å². The number of hydrogen-bond acceptors (Lipinski definition) is 1. The molecule has 1 rings (SSSR count). The van der Waals surface area contributed by atoms with E-state index in [1.165, 1.54) is 11.1 Å². The minimum atomic E-state index is 0.186. The van der Waals surface area contributed by atoms with Crippen LogP contribution in [0.4, 0.5) is 0 Å². The second-order valence-electron chi connectivity index (χ2n) is 5.06. The van der Waals surface area contributed by atoms with E-state index in [9.17, 15) is 0 Å². The molecule has 0 fully saturated rings. The highest BCUT2D eigenvalue weighted by Crippen LogP contribution is 2.21. The summed E-state index contributed by atoms with van der Waals surface area (Å²) >= 11 is 0. The largest absolute Gasteiger partial charge is 0.324 e. The quantitative estimate of drug-likeness (QED) is 0.793. The van der Waals surface area contributed by atoms with E-state index in [0.29, 0.717) is 11.8 Å². The molecular formula is C14H23N. The maximum absolute atomic E-state index is 6.12. The zero-order valence-corrected chi connectivity index (χ0v) is 10.3. The summed E-state index contributed by atoms with van der Waals surface area (Å²) in [6.07, 6.45) is 1.06. The van der Waals surface area contributed by atoms with Crippen molar-refractivity contribution in [2.45, 2.75) is 46.1 Å². The van der Waals surface area contributed by atoms with E-state index >= 15 is 0 Å². The lowest BCUT2D eigenvalue weighted by molar-refractivity contribution is 0.510. The zero-order valence-electron chi connectivity index (χ0n) is 10.3. The van der Waals surface area contributed by atoms with Gasteiger partial charge in [-0.2, -0.15) is 0 Å². The molecule has 1 aromatic rings. The molecule has 1 atom stereocenters. The van der Waals surface area contributed by atoms with Gasteiger partial charge in [0.15, 0.2) is 0 Å². The Morgan fingerprint density at radius 3 is 1.80 bits per heavy atom. The normalized spacial score (nSPS) is 13.5. The van der Waals surface area contributed by atoms with Crippen molar-refractivity contribution in [3.8, 4) is 0 Å². The van der Waals surface area contributed by atoms with Gasteiger partial charge in [0.2, 0.25) is 0 Å². The summed E-state index contributed by atoms with van der Waals surface area (Å²) < 4.78 is 0. The van der Waals surface area contributed by atoms with Gasteiger partial charge in [0.25, 0.3) is 0 Å². The Kier molecular flexibility index (Phi) is 4.34. The topological polar surface area (TPSA) is 26.0 Å². The molecule has 0 heterocycles. The summed E-state index contributed by atoms with van der Waals surface area (Å²) in [5.74, 6) is 1.25. The van der Waals surface area contributed by atoms with Crippen LogP contribution in [0, 0.1) is 5.92 Å². The molecule has 0 saturated carbocycles. The van der Waals surface area contributed by atoms with E-state index in [1.807, 2.05) is 0 Å². The van der Waals surface area contributed by atoms with Gasteiger partial charge >= 0.3 is 0 Å². The van der Waals surface area contributed by atoms with Crippen LogP contribution >= 0.6 is 0 Å². The summed E-state index contributed by atoms with van der Waals surface area (Å²) in [4.78, 5) is 0. The van der Waals surface area contributed by atoms with Crippen LogP contribution in [0.1, 0.15) is 57.2 Å². The first-order chi connectivity index (χ1) is 7.00. The summed E-state index contributed by atoms with van der Waals surface area (Å²) in [5.41, 5.74) is 8.76. The van der Waals surface area contributed by atoms with Gasteiger partial charge in [-0.3, -0.25) is 0 Å². The van der Waals surface area contributed by atoms with Gasteiger partial charge in [0.05, 0.1) is 0 Å². The Balaban J connectivity index is 2.71. The van der Waals surface area contributed by atoms with Crippen molar-refractivity contribution in [1.29, 1.82) is 0 Å². The van der Waals surface area contributed by atoms with E-state index in [4.69, 9.17) is 5.73 Å². The Morgan fingerprint density at radius 2 is 1.40 bits per heavy atom. The van der Waals surface area contributed by atoms with Gasteiger partial charge in [-0.25, -0.2) is 0 Å². The first-order valence-electron chi connectivity index (χ1n) is 5.86. The third-order valence-electron chi connectivity index (χ3n) is 2.76. The maximum atomic E-state index is 6.12. The molecule has 0 aromatic heterocycles. The predicted molar refractivity (Wildman–Crippen MR) is 66.9 cm³/mol. The highest BCUT2D eigenvalue weighted by Gasteiger charge is 2.08. The van der Waals surface area contributed by atoms with Crippen molar-refractivity contribution in [1.82, 2.24) is 0 Å². The summed E-state index contributed by atoms with van der Waals surface area (Å²) in [7, 11) is 0. The van der Waals surface area contributed by atoms with Crippen LogP contribution in [0.25, 0.3) is 0 Å². The summed E-state index contributed by atoms with van der Waals surface area (Å²) in [6.45, 7) is 8.84. The van der Waals surface area contributed by atoms with E-state index in [1.54, 1.807) is 0 Å². The van der Waals surface area contributed by atoms with E-state index in [0.717, 1.165) is 6.42 Å². The van der Waals surface area contributed by atoms with Gasteiger partial charge in [-0.1, -0.05) is 52.0 Å². The first kappa shape index (κ1) is 12.3. The second kappa shape index (κ2) is 5.32. The molecule has 15 heavy (non-hydrogen) atoms. The minimum Gasteiger partial charge on any atom is -0.324 e. The Bertz CT molecular complexity index is 285. The van der Waals surface area contributed by atoms with Crippen LogP contribution in [0.15, 0.2) is 24.3 Å². The molecule has 1 nitrogen and oxygen atoms in total. The number of hydrogen-bond donors (Lipinski definition) is 1. The number of rotatable bonds is 4. The third-order valence-corrected chi connectivity index (χ3v) is 2.76. The van der Waals surface area contributed by atoms with Crippen LogP contribution in [0.5, 0.6) is 0 Å². The summed E-state index contributed by atoms with van der Waals surface area (Å²) in [6, 6.07) is 8.91. The van der Waals surface area contributed by atoms with Crippen LogP contribution in [-0.4, -0.2) is 0 Å².